The first-order valence-corrected chi connectivity index (χ1v) is 11.1. The fraction of sp³-hybridized carbons (Fsp3) is 0.778. The van der Waals surface area contributed by atoms with Crippen molar-refractivity contribution >= 4 is 29.6 Å². The van der Waals surface area contributed by atoms with Crippen molar-refractivity contribution in [3.63, 3.8) is 0 Å². The minimum absolute atomic E-state index is 0.170. The number of amides is 3. The number of urea groups is 1. The van der Waals surface area contributed by atoms with Crippen LogP contribution in [0.4, 0.5) is 10.7 Å². The summed E-state index contributed by atoms with van der Waals surface area (Å²) in [5.74, 6) is 0.822. The van der Waals surface area contributed by atoms with Crippen molar-refractivity contribution in [3.05, 3.63) is 0 Å². The molecule has 1 aliphatic heterocycles. The Labute approximate surface area is 163 Å². The van der Waals surface area contributed by atoms with Crippen LogP contribution >= 0.6 is 11.8 Å². The van der Waals surface area contributed by atoms with Crippen LogP contribution in [0.25, 0.3) is 0 Å². The Balaban J connectivity index is 1.31. The molecule has 0 atom stereocenters. The van der Waals surface area contributed by atoms with Crippen LogP contribution in [0.2, 0.25) is 0 Å². The van der Waals surface area contributed by atoms with Gasteiger partial charge in [-0.25, -0.2) is 4.79 Å². The van der Waals surface area contributed by atoms with E-state index < -0.39 is 0 Å². The molecule has 3 aliphatic rings. The minimum Gasteiger partial charge on any atom is -0.341 e. The van der Waals surface area contributed by atoms with Crippen LogP contribution in [0, 0.1) is 0 Å². The predicted molar refractivity (Wildman–Crippen MR) is 104 cm³/mol. The van der Waals surface area contributed by atoms with Gasteiger partial charge in [-0.1, -0.05) is 24.6 Å². The molecule has 0 spiro atoms. The summed E-state index contributed by atoms with van der Waals surface area (Å²) in [6.07, 6.45) is 10.2. The third-order valence-electron chi connectivity index (χ3n) is 5.47. The monoisotopic (exact) mass is 392 g/mol. The largest absolute Gasteiger partial charge is 0.341 e. The van der Waals surface area contributed by atoms with Gasteiger partial charge in [0.2, 0.25) is 11.9 Å². The van der Waals surface area contributed by atoms with Crippen LogP contribution < -0.4 is 15.5 Å². The zero-order valence-corrected chi connectivity index (χ0v) is 16.5. The SMILES string of the molecule is O=C(CSc1nnc(N2CCCCC2)n1C1CC1)NC(=O)NC1CCCC1. The molecule has 0 aromatic carbocycles. The van der Waals surface area contributed by atoms with Gasteiger partial charge in [-0.2, -0.15) is 0 Å². The average Bonchev–Trinajstić information content (AvgIpc) is 3.21. The van der Waals surface area contributed by atoms with Crippen molar-refractivity contribution in [2.45, 2.75) is 75.0 Å². The van der Waals surface area contributed by atoms with E-state index in [1.165, 1.54) is 31.0 Å². The van der Waals surface area contributed by atoms with E-state index in [1.54, 1.807) is 0 Å². The number of carbonyl (C=O) groups excluding carboxylic acids is 2. The van der Waals surface area contributed by atoms with Crippen molar-refractivity contribution in [2.75, 3.05) is 23.7 Å². The Morgan fingerprint density at radius 2 is 1.74 bits per heavy atom. The zero-order chi connectivity index (χ0) is 18.6. The van der Waals surface area contributed by atoms with Crippen molar-refractivity contribution < 1.29 is 9.59 Å². The molecule has 0 radical (unpaired) electrons. The van der Waals surface area contributed by atoms with Crippen molar-refractivity contribution in [3.8, 4) is 0 Å². The Kier molecular flexibility index (Phi) is 5.85. The second kappa shape index (κ2) is 8.50. The lowest BCUT2D eigenvalue weighted by Gasteiger charge is -2.27. The van der Waals surface area contributed by atoms with Crippen molar-refractivity contribution in [1.82, 2.24) is 25.4 Å². The first-order chi connectivity index (χ1) is 13.2. The number of nitrogens with zero attached hydrogens (tertiary/aromatic N) is 4. The molecule has 0 unspecified atom stereocenters. The molecule has 148 valence electrons. The molecule has 1 aromatic heterocycles. The smallest absolute Gasteiger partial charge is 0.321 e. The van der Waals surface area contributed by atoms with E-state index in [9.17, 15) is 9.59 Å². The fourth-order valence-electron chi connectivity index (χ4n) is 3.91. The van der Waals surface area contributed by atoms with Crippen LogP contribution in [-0.4, -0.2) is 51.6 Å². The summed E-state index contributed by atoms with van der Waals surface area (Å²) in [6, 6.07) is 0.272. The Morgan fingerprint density at radius 3 is 2.44 bits per heavy atom. The maximum atomic E-state index is 12.1. The standard InChI is InChI=1S/C18H28N6O2S/c25-15(20-16(26)19-13-6-2-3-7-13)12-27-18-22-21-17(24(18)14-8-9-14)23-10-4-1-5-11-23/h13-14H,1-12H2,(H2,19,20,25,26). The third kappa shape index (κ3) is 4.75. The molecule has 1 aromatic rings. The minimum atomic E-state index is -0.384. The van der Waals surface area contributed by atoms with Gasteiger partial charge in [0.15, 0.2) is 5.16 Å². The first-order valence-electron chi connectivity index (χ1n) is 10.1. The first kappa shape index (κ1) is 18.6. The summed E-state index contributed by atoms with van der Waals surface area (Å²) < 4.78 is 2.20. The summed E-state index contributed by atoms with van der Waals surface area (Å²) in [7, 11) is 0. The van der Waals surface area contributed by atoms with Gasteiger partial charge in [0, 0.05) is 25.2 Å². The number of imide groups is 1. The number of rotatable bonds is 6. The molecular formula is C18H28N6O2S. The van der Waals surface area contributed by atoms with Crippen molar-refractivity contribution in [2.24, 2.45) is 0 Å². The topological polar surface area (TPSA) is 92.2 Å². The van der Waals surface area contributed by atoms with E-state index in [0.717, 1.165) is 62.7 Å². The highest BCUT2D eigenvalue weighted by atomic mass is 32.2. The van der Waals surface area contributed by atoms with Gasteiger partial charge in [-0.3, -0.25) is 14.7 Å². The molecule has 3 amide bonds. The van der Waals surface area contributed by atoms with E-state index in [0.29, 0.717) is 6.04 Å². The molecule has 9 heteroatoms. The number of thioether (sulfide) groups is 1. The molecule has 3 fully saturated rings. The summed E-state index contributed by atoms with van der Waals surface area (Å²) in [5.41, 5.74) is 0. The van der Waals surface area contributed by atoms with E-state index in [1.807, 2.05) is 0 Å². The van der Waals surface area contributed by atoms with Gasteiger partial charge in [-0.05, 0) is 44.9 Å². The van der Waals surface area contributed by atoms with Gasteiger partial charge < -0.3 is 10.2 Å². The zero-order valence-electron chi connectivity index (χ0n) is 15.7. The Hall–Kier alpha value is -1.77. The molecule has 0 bridgehead atoms. The molecule has 2 heterocycles. The van der Waals surface area contributed by atoms with Gasteiger partial charge in [0.25, 0.3) is 0 Å². The highest BCUT2D eigenvalue weighted by Gasteiger charge is 2.32. The van der Waals surface area contributed by atoms with E-state index in [4.69, 9.17) is 0 Å². The maximum absolute atomic E-state index is 12.1. The van der Waals surface area contributed by atoms with Gasteiger partial charge in [0.1, 0.15) is 0 Å². The summed E-state index contributed by atoms with van der Waals surface area (Å²) in [4.78, 5) is 26.4. The summed E-state index contributed by atoms with van der Waals surface area (Å²) >= 11 is 1.36. The summed E-state index contributed by atoms with van der Waals surface area (Å²) in [5, 5.41) is 14.8. The molecule has 2 N–H and O–H groups in total. The van der Waals surface area contributed by atoms with Gasteiger partial charge >= 0.3 is 6.03 Å². The molecule has 1 saturated heterocycles. The molecule has 2 saturated carbocycles. The van der Waals surface area contributed by atoms with E-state index in [-0.39, 0.29) is 23.7 Å². The normalized spacial score (nSPS) is 20.7. The van der Waals surface area contributed by atoms with Crippen LogP contribution in [0.3, 0.4) is 0 Å². The lowest BCUT2D eigenvalue weighted by Crippen LogP contribution is -2.44. The number of carbonyl (C=O) groups is 2. The number of hydrogen-bond donors (Lipinski definition) is 2. The number of anilines is 1. The molecular weight excluding hydrogens is 364 g/mol. The number of piperidine rings is 1. The predicted octanol–water partition coefficient (Wildman–Crippen LogP) is 2.46. The average molecular weight is 393 g/mol. The highest BCUT2D eigenvalue weighted by molar-refractivity contribution is 7.99. The maximum Gasteiger partial charge on any atom is 0.321 e. The molecule has 8 nitrogen and oxygen atoms in total. The van der Waals surface area contributed by atoms with Gasteiger partial charge in [0.05, 0.1) is 5.75 Å². The van der Waals surface area contributed by atoms with E-state index in [2.05, 4.69) is 30.3 Å². The number of nitrogens with one attached hydrogen (secondary N) is 2. The molecule has 2 aliphatic carbocycles. The fourth-order valence-corrected chi connectivity index (χ4v) is 4.71. The number of hydrogen-bond acceptors (Lipinski definition) is 6. The lowest BCUT2D eigenvalue weighted by atomic mass is 10.1. The number of aromatic nitrogens is 3. The second-order valence-corrected chi connectivity index (χ2v) is 8.67. The third-order valence-corrected chi connectivity index (χ3v) is 6.42. The van der Waals surface area contributed by atoms with Crippen LogP contribution in [0.15, 0.2) is 5.16 Å². The van der Waals surface area contributed by atoms with E-state index >= 15 is 0 Å². The van der Waals surface area contributed by atoms with Crippen LogP contribution in [0.1, 0.15) is 63.8 Å². The van der Waals surface area contributed by atoms with Crippen molar-refractivity contribution in [1.29, 1.82) is 0 Å². The van der Waals surface area contributed by atoms with Crippen LogP contribution in [-0.2, 0) is 4.79 Å². The highest BCUT2D eigenvalue weighted by Crippen LogP contribution is 2.41. The Bertz CT molecular complexity index is 677. The Morgan fingerprint density at radius 1 is 1.00 bits per heavy atom. The lowest BCUT2D eigenvalue weighted by molar-refractivity contribution is -0.117. The quantitative estimate of drug-likeness (QED) is 0.723. The molecule has 27 heavy (non-hydrogen) atoms. The second-order valence-electron chi connectivity index (χ2n) is 7.72. The van der Waals surface area contributed by atoms with Gasteiger partial charge in [-0.15, -0.1) is 10.2 Å². The molecule has 4 rings (SSSR count). The van der Waals surface area contributed by atoms with Crippen LogP contribution in [0.5, 0.6) is 0 Å². The summed E-state index contributed by atoms with van der Waals surface area (Å²) in [6.45, 7) is 2.05.